The molecule has 1 atom stereocenters. The topological polar surface area (TPSA) is 66.0 Å². The van der Waals surface area contributed by atoms with Crippen LogP contribution in [0, 0.1) is 0 Å². The molecular formula is C13H16ClF2NO5. The van der Waals surface area contributed by atoms with Gasteiger partial charge >= 0.3 is 12.0 Å². The second-order valence-electron chi connectivity index (χ2n) is 4.36. The average molecular weight is 340 g/mol. The number of methoxy groups -OCH3 is 3. The Kier molecular flexibility index (Phi) is 5.65. The van der Waals surface area contributed by atoms with Gasteiger partial charge < -0.3 is 24.3 Å². The average Bonchev–Trinajstić information content (AvgIpc) is 2.48. The maximum Gasteiger partial charge on any atom is 0.408 e. The van der Waals surface area contributed by atoms with Crippen molar-refractivity contribution >= 4 is 18.5 Å². The van der Waals surface area contributed by atoms with Gasteiger partial charge in [-0.3, -0.25) is 0 Å². The van der Waals surface area contributed by atoms with Crippen molar-refractivity contribution in [2.45, 2.75) is 12.0 Å². The number of carbonyl (C=O) groups is 1. The monoisotopic (exact) mass is 339 g/mol. The predicted molar refractivity (Wildman–Crippen MR) is 75.5 cm³/mol. The molecule has 0 saturated carbocycles. The van der Waals surface area contributed by atoms with E-state index in [1.54, 1.807) is 0 Å². The molecule has 0 aliphatic carbocycles. The van der Waals surface area contributed by atoms with Gasteiger partial charge in [0, 0.05) is 12.1 Å². The van der Waals surface area contributed by atoms with Gasteiger partial charge in [0.05, 0.1) is 26.9 Å². The number of benzene rings is 1. The van der Waals surface area contributed by atoms with Crippen LogP contribution in [0.2, 0.25) is 0 Å². The molecule has 1 fully saturated rings. The summed E-state index contributed by atoms with van der Waals surface area (Å²) in [5.41, 5.74) is 0.0300. The highest BCUT2D eigenvalue weighted by molar-refractivity contribution is 5.85. The molecule has 22 heavy (non-hydrogen) atoms. The van der Waals surface area contributed by atoms with Gasteiger partial charge in [-0.25, -0.2) is 13.6 Å². The number of nitrogens with one attached hydrogen (secondary N) is 1. The first kappa shape index (κ1) is 18.1. The van der Waals surface area contributed by atoms with Crippen molar-refractivity contribution in [3.05, 3.63) is 17.7 Å². The summed E-state index contributed by atoms with van der Waals surface area (Å²) < 4.78 is 47.8. The SMILES string of the molecule is COc1cc(OC)c([C@H]2NC(=O)OCC2(F)F)c(OC)c1.Cl. The first-order valence-corrected chi connectivity index (χ1v) is 6.04. The molecule has 124 valence electrons. The van der Waals surface area contributed by atoms with E-state index in [1.165, 1.54) is 33.5 Å². The molecule has 6 nitrogen and oxygen atoms in total. The smallest absolute Gasteiger partial charge is 0.408 e. The highest BCUT2D eigenvalue weighted by Crippen LogP contribution is 2.45. The normalized spacial score (nSPS) is 19.3. The van der Waals surface area contributed by atoms with E-state index < -0.39 is 24.7 Å². The van der Waals surface area contributed by atoms with Gasteiger partial charge in [0.2, 0.25) is 0 Å². The largest absolute Gasteiger partial charge is 0.496 e. The minimum absolute atomic E-state index is 0. The van der Waals surface area contributed by atoms with E-state index in [-0.39, 0.29) is 29.5 Å². The molecule has 1 aromatic carbocycles. The van der Waals surface area contributed by atoms with Gasteiger partial charge in [-0.2, -0.15) is 0 Å². The molecular weight excluding hydrogens is 324 g/mol. The van der Waals surface area contributed by atoms with Crippen molar-refractivity contribution in [2.24, 2.45) is 0 Å². The number of carbonyl (C=O) groups excluding carboxylic acids is 1. The second kappa shape index (κ2) is 6.87. The van der Waals surface area contributed by atoms with E-state index in [9.17, 15) is 13.6 Å². The summed E-state index contributed by atoms with van der Waals surface area (Å²) in [7, 11) is 4.09. The number of alkyl halides is 2. The Morgan fingerprint density at radius 3 is 2.18 bits per heavy atom. The molecule has 0 unspecified atom stereocenters. The van der Waals surface area contributed by atoms with Gasteiger partial charge in [0.25, 0.3) is 0 Å². The molecule has 0 radical (unpaired) electrons. The van der Waals surface area contributed by atoms with Crippen LogP contribution in [0.3, 0.4) is 0 Å². The van der Waals surface area contributed by atoms with E-state index in [0.717, 1.165) is 0 Å². The highest BCUT2D eigenvalue weighted by Gasteiger charge is 2.49. The molecule has 0 bridgehead atoms. The number of rotatable bonds is 4. The zero-order chi connectivity index (χ0) is 15.6. The number of hydrogen-bond acceptors (Lipinski definition) is 5. The molecule has 0 aromatic heterocycles. The molecule has 9 heteroatoms. The third-order valence-electron chi connectivity index (χ3n) is 3.12. The molecule has 0 spiro atoms. The highest BCUT2D eigenvalue weighted by atomic mass is 35.5. The Bertz CT molecular complexity index is 530. The summed E-state index contributed by atoms with van der Waals surface area (Å²) in [5.74, 6) is -2.67. The van der Waals surface area contributed by atoms with Crippen molar-refractivity contribution < 1.29 is 32.5 Å². The Hall–Kier alpha value is -1.96. The summed E-state index contributed by atoms with van der Waals surface area (Å²) in [6.07, 6.45) is -0.925. The van der Waals surface area contributed by atoms with Crippen LogP contribution in [0.25, 0.3) is 0 Å². The van der Waals surface area contributed by atoms with Crippen LogP contribution in [-0.4, -0.2) is 40.0 Å². The number of alkyl carbamates (subject to hydrolysis) is 1. The van der Waals surface area contributed by atoms with E-state index in [1.807, 2.05) is 0 Å². The van der Waals surface area contributed by atoms with Gasteiger partial charge in [0.15, 0.2) is 6.61 Å². The number of halogens is 3. The van der Waals surface area contributed by atoms with Gasteiger partial charge in [-0.05, 0) is 0 Å². The first-order valence-electron chi connectivity index (χ1n) is 6.04. The van der Waals surface area contributed by atoms with E-state index in [0.29, 0.717) is 5.75 Å². The van der Waals surface area contributed by atoms with Gasteiger partial charge in [0.1, 0.15) is 23.3 Å². The Morgan fingerprint density at radius 1 is 1.18 bits per heavy atom. The number of amides is 1. The van der Waals surface area contributed by atoms with E-state index >= 15 is 0 Å². The molecule has 1 saturated heterocycles. The van der Waals surface area contributed by atoms with E-state index in [4.69, 9.17) is 14.2 Å². The van der Waals surface area contributed by atoms with Crippen molar-refractivity contribution in [1.29, 1.82) is 0 Å². The van der Waals surface area contributed by atoms with Crippen molar-refractivity contribution in [3.8, 4) is 17.2 Å². The maximum absolute atomic E-state index is 14.1. The fourth-order valence-electron chi connectivity index (χ4n) is 2.11. The van der Waals surface area contributed by atoms with Crippen LogP contribution < -0.4 is 19.5 Å². The lowest BCUT2D eigenvalue weighted by atomic mass is 9.97. The predicted octanol–water partition coefficient (Wildman–Crippen LogP) is 2.55. The summed E-state index contributed by atoms with van der Waals surface area (Å²) in [4.78, 5) is 11.3. The van der Waals surface area contributed by atoms with Gasteiger partial charge in [-0.15, -0.1) is 12.4 Å². The summed E-state index contributed by atoms with van der Waals surface area (Å²) >= 11 is 0. The summed E-state index contributed by atoms with van der Waals surface area (Å²) in [5, 5.41) is 2.10. The third kappa shape index (κ3) is 3.27. The molecule has 2 rings (SSSR count). The Morgan fingerprint density at radius 2 is 1.73 bits per heavy atom. The minimum Gasteiger partial charge on any atom is -0.496 e. The molecule has 1 aromatic rings. The number of hydrogen-bond donors (Lipinski definition) is 1. The molecule has 1 amide bonds. The van der Waals surface area contributed by atoms with Crippen LogP contribution in [-0.2, 0) is 4.74 Å². The quantitative estimate of drug-likeness (QED) is 0.913. The van der Waals surface area contributed by atoms with Gasteiger partial charge in [-0.1, -0.05) is 0 Å². The molecule has 1 aliphatic rings. The lowest BCUT2D eigenvalue weighted by Gasteiger charge is -2.33. The summed E-state index contributed by atoms with van der Waals surface area (Å²) in [6, 6.07) is 1.26. The first-order chi connectivity index (χ1) is 9.92. The van der Waals surface area contributed by atoms with Crippen LogP contribution in [0.15, 0.2) is 12.1 Å². The molecule has 1 aliphatic heterocycles. The van der Waals surface area contributed by atoms with Crippen molar-refractivity contribution in [2.75, 3.05) is 27.9 Å². The second-order valence-corrected chi connectivity index (χ2v) is 4.36. The Balaban J connectivity index is 0.00000242. The zero-order valence-electron chi connectivity index (χ0n) is 12.1. The van der Waals surface area contributed by atoms with Crippen LogP contribution >= 0.6 is 12.4 Å². The number of ether oxygens (including phenoxy) is 4. The lowest BCUT2D eigenvalue weighted by Crippen LogP contribution is -2.49. The van der Waals surface area contributed by atoms with Crippen LogP contribution in [0.5, 0.6) is 17.2 Å². The zero-order valence-corrected chi connectivity index (χ0v) is 13.0. The summed E-state index contributed by atoms with van der Waals surface area (Å²) in [6.45, 7) is -1.01. The Labute approximate surface area is 132 Å². The van der Waals surface area contributed by atoms with Crippen molar-refractivity contribution in [1.82, 2.24) is 5.32 Å². The molecule has 1 heterocycles. The fourth-order valence-corrected chi connectivity index (χ4v) is 2.11. The molecule has 1 N–H and O–H groups in total. The maximum atomic E-state index is 14.1. The van der Waals surface area contributed by atoms with Crippen molar-refractivity contribution in [3.63, 3.8) is 0 Å². The lowest BCUT2D eigenvalue weighted by molar-refractivity contribution is -0.105. The minimum atomic E-state index is -3.30. The van der Waals surface area contributed by atoms with Crippen LogP contribution in [0.1, 0.15) is 11.6 Å². The standard InChI is InChI=1S/C13H15F2NO5.ClH/c1-18-7-4-8(19-2)10(9(5-7)20-3)11-13(14,15)6-21-12(17)16-11;/h4-5,11H,6H2,1-3H3,(H,16,17);1H/t11-;/m1./s1. The third-order valence-corrected chi connectivity index (χ3v) is 3.12. The van der Waals surface area contributed by atoms with Crippen LogP contribution in [0.4, 0.5) is 13.6 Å². The fraction of sp³-hybridized carbons (Fsp3) is 0.462. The number of cyclic esters (lactones) is 1. The van der Waals surface area contributed by atoms with E-state index in [2.05, 4.69) is 10.1 Å².